The number of amides is 1. The number of aromatic amines is 2. The maximum atomic E-state index is 11.7. The molecule has 4 rings (SSSR count). The van der Waals surface area contributed by atoms with Gasteiger partial charge in [-0.25, -0.2) is 14.8 Å². The number of aliphatic carboxylic acids is 1. The van der Waals surface area contributed by atoms with Crippen LogP contribution in [-0.4, -0.2) is 71.9 Å². The third-order valence-electron chi connectivity index (χ3n) is 4.48. The molecule has 0 unspecified atom stereocenters. The molecule has 5 N–H and O–H groups in total. The topological polar surface area (TPSA) is 190 Å². The first kappa shape index (κ1) is 27.4. The van der Waals surface area contributed by atoms with Gasteiger partial charge in [-0.3, -0.25) is 19.8 Å². The van der Waals surface area contributed by atoms with E-state index in [2.05, 4.69) is 30.4 Å². The number of carboxylic acids is 1. The normalized spacial score (nSPS) is 10.3. The lowest BCUT2D eigenvalue weighted by Crippen LogP contribution is -2.13. The number of methoxy groups -OCH3 is 1. The molecule has 0 aliphatic carbocycles. The smallest absolute Gasteiger partial charge is 0.338 e. The summed E-state index contributed by atoms with van der Waals surface area (Å²) >= 11 is 2.22. The molecule has 1 amide bonds. The molecule has 0 saturated heterocycles. The Balaban J connectivity index is 0.000000208. The van der Waals surface area contributed by atoms with Gasteiger partial charge in [-0.15, -0.1) is 10.2 Å². The number of aromatic nitrogens is 6. The number of benzene rings is 2. The molecular weight excluding hydrogens is 518 g/mol. The Hall–Kier alpha value is -4.17. The van der Waals surface area contributed by atoms with Crippen LogP contribution in [0.5, 0.6) is 0 Å². The summed E-state index contributed by atoms with van der Waals surface area (Å²) in [5.41, 5.74) is 8.10. The molecule has 0 aliphatic heterocycles. The quantitative estimate of drug-likeness (QED) is 0.180. The van der Waals surface area contributed by atoms with Gasteiger partial charge >= 0.3 is 11.9 Å². The Morgan fingerprint density at radius 3 is 2.24 bits per heavy atom. The van der Waals surface area contributed by atoms with Gasteiger partial charge in [0.05, 0.1) is 24.2 Å². The first-order valence-electron chi connectivity index (χ1n) is 10.6. The van der Waals surface area contributed by atoms with Crippen LogP contribution >= 0.6 is 23.5 Å². The Kier molecular flexibility index (Phi) is 9.80. The lowest BCUT2D eigenvalue weighted by atomic mass is 10.1. The summed E-state index contributed by atoms with van der Waals surface area (Å²) in [5, 5.41) is 22.9. The second-order valence-electron chi connectivity index (χ2n) is 7.28. The second-order valence-corrected chi connectivity index (χ2v) is 9.16. The van der Waals surface area contributed by atoms with E-state index in [0.717, 1.165) is 22.9 Å². The number of thioether (sulfide) groups is 2. The van der Waals surface area contributed by atoms with Crippen molar-refractivity contribution < 1.29 is 24.2 Å². The summed E-state index contributed by atoms with van der Waals surface area (Å²) in [6, 6.07) is 14.7. The molecule has 2 heterocycles. The first-order chi connectivity index (χ1) is 17.8. The van der Waals surface area contributed by atoms with Gasteiger partial charge in [0.2, 0.25) is 16.2 Å². The van der Waals surface area contributed by atoms with Crippen molar-refractivity contribution in [3.63, 3.8) is 0 Å². The van der Waals surface area contributed by atoms with Gasteiger partial charge < -0.3 is 15.6 Å². The SMILES string of the molecule is COC(=O)c1ccccc1-c1nc(SCC(=O)O)n[nH]1.Cc1cccc(-c2nc(SCC(N)=O)n[nH]2)c1. The molecule has 2 aromatic heterocycles. The van der Waals surface area contributed by atoms with Crippen LogP contribution in [-0.2, 0) is 14.3 Å². The number of primary amides is 1. The molecule has 12 nitrogen and oxygen atoms in total. The van der Waals surface area contributed by atoms with E-state index in [-0.39, 0.29) is 17.4 Å². The van der Waals surface area contributed by atoms with Crippen LogP contribution in [0.1, 0.15) is 15.9 Å². The van der Waals surface area contributed by atoms with Gasteiger partial charge in [0.15, 0.2) is 11.6 Å². The van der Waals surface area contributed by atoms with Crippen molar-refractivity contribution in [2.24, 2.45) is 5.73 Å². The molecule has 2 aromatic carbocycles. The maximum Gasteiger partial charge on any atom is 0.338 e. The van der Waals surface area contributed by atoms with Crippen molar-refractivity contribution in [1.82, 2.24) is 30.4 Å². The Morgan fingerprint density at radius 1 is 0.946 bits per heavy atom. The van der Waals surface area contributed by atoms with Crippen molar-refractivity contribution in [1.29, 1.82) is 0 Å². The number of carboxylic acid groups (broad SMARTS) is 1. The standard InChI is InChI=1S/C12H11N3O4S.C11H12N4OS/c1-19-11(18)8-5-3-2-4-7(8)10-13-12(15-14-10)20-6-9(16)17;1-7-3-2-4-8(5-7)10-13-11(15-14-10)17-6-9(12)16/h2-5H,6H2,1H3,(H,16,17)(H,13,14,15);2-5H,6H2,1H3,(H2,12,16)(H,13,14,15). The minimum Gasteiger partial charge on any atom is -0.481 e. The fourth-order valence-corrected chi connectivity index (χ4v) is 3.96. The Morgan fingerprint density at radius 2 is 1.59 bits per heavy atom. The number of carbonyl (C=O) groups is 3. The lowest BCUT2D eigenvalue weighted by molar-refractivity contribution is -0.133. The maximum absolute atomic E-state index is 11.7. The van der Waals surface area contributed by atoms with E-state index in [1.807, 2.05) is 31.2 Å². The molecule has 0 fully saturated rings. The zero-order valence-electron chi connectivity index (χ0n) is 19.8. The molecule has 14 heteroatoms. The fourth-order valence-electron chi connectivity index (χ4n) is 2.90. The van der Waals surface area contributed by atoms with Gasteiger partial charge in [0, 0.05) is 11.1 Å². The average Bonchev–Trinajstić information content (AvgIpc) is 3.56. The van der Waals surface area contributed by atoms with E-state index < -0.39 is 11.9 Å². The number of hydrogen-bond donors (Lipinski definition) is 4. The number of ether oxygens (including phenoxy) is 1. The fraction of sp³-hybridized carbons (Fsp3) is 0.174. The highest BCUT2D eigenvalue weighted by Crippen LogP contribution is 2.23. The zero-order valence-corrected chi connectivity index (χ0v) is 21.4. The van der Waals surface area contributed by atoms with Gasteiger partial charge in [0.1, 0.15) is 0 Å². The molecule has 4 aromatic rings. The van der Waals surface area contributed by atoms with Crippen molar-refractivity contribution in [3.05, 3.63) is 59.7 Å². The van der Waals surface area contributed by atoms with Gasteiger partial charge in [-0.1, -0.05) is 65.5 Å². The highest BCUT2D eigenvalue weighted by molar-refractivity contribution is 8.00. The van der Waals surface area contributed by atoms with Crippen molar-refractivity contribution in [2.75, 3.05) is 18.6 Å². The van der Waals surface area contributed by atoms with Crippen LogP contribution in [0.2, 0.25) is 0 Å². The Labute approximate surface area is 219 Å². The molecule has 0 atom stereocenters. The van der Waals surface area contributed by atoms with Gasteiger partial charge in [-0.2, -0.15) is 0 Å². The number of hydrogen-bond acceptors (Lipinski definition) is 10. The first-order valence-corrected chi connectivity index (χ1v) is 12.6. The predicted octanol–water partition coefficient (Wildman–Crippen LogP) is 2.79. The molecule has 0 spiro atoms. The minimum atomic E-state index is -0.948. The van der Waals surface area contributed by atoms with Crippen LogP contribution in [0.25, 0.3) is 22.8 Å². The molecule has 0 bridgehead atoms. The highest BCUT2D eigenvalue weighted by atomic mass is 32.2. The Bertz CT molecular complexity index is 1390. The van der Waals surface area contributed by atoms with Crippen LogP contribution in [0, 0.1) is 6.92 Å². The van der Waals surface area contributed by atoms with Crippen LogP contribution in [0.15, 0.2) is 58.8 Å². The number of nitrogens with one attached hydrogen (secondary N) is 2. The molecule has 0 radical (unpaired) electrons. The third kappa shape index (κ3) is 8.18. The average molecular weight is 542 g/mol. The van der Waals surface area contributed by atoms with Crippen LogP contribution in [0.4, 0.5) is 0 Å². The third-order valence-corrected chi connectivity index (χ3v) is 6.18. The van der Waals surface area contributed by atoms with Crippen molar-refractivity contribution in [3.8, 4) is 22.8 Å². The number of aryl methyl sites for hydroxylation is 1. The monoisotopic (exact) mass is 541 g/mol. The van der Waals surface area contributed by atoms with Crippen LogP contribution < -0.4 is 5.73 Å². The van der Waals surface area contributed by atoms with E-state index in [4.69, 9.17) is 15.6 Å². The number of carbonyl (C=O) groups excluding carboxylic acids is 2. The number of rotatable bonds is 9. The van der Waals surface area contributed by atoms with Gasteiger partial charge in [0.25, 0.3) is 0 Å². The summed E-state index contributed by atoms with van der Waals surface area (Å²) in [6.07, 6.45) is 0. The number of H-pyrrole nitrogens is 2. The molecule has 192 valence electrons. The van der Waals surface area contributed by atoms with Crippen LogP contribution in [0.3, 0.4) is 0 Å². The van der Waals surface area contributed by atoms with Crippen molar-refractivity contribution >= 4 is 41.4 Å². The number of nitrogens with two attached hydrogens (primary N) is 1. The highest BCUT2D eigenvalue weighted by Gasteiger charge is 2.16. The van der Waals surface area contributed by atoms with E-state index in [0.29, 0.717) is 33.1 Å². The summed E-state index contributed by atoms with van der Waals surface area (Å²) in [6.45, 7) is 2.02. The van der Waals surface area contributed by atoms with E-state index >= 15 is 0 Å². The lowest BCUT2D eigenvalue weighted by Gasteiger charge is -2.04. The second kappa shape index (κ2) is 13.2. The van der Waals surface area contributed by atoms with E-state index in [9.17, 15) is 14.4 Å². The predicted molar refractivity (Wildman–Crippen MR) is 138 cm³/mol. The largest absolute Gasteiger partial charge is 0.481 e. The summed E-state index contributed by atoms with van der Waals surface area (Å²) in [5.74, 6) is -0.661. The van der Waals surface area contributed by atoms with Gasteiger partial charge in [-0.05, 0) is 19.1 Å². The molecule has 37 heavy (non-hydrogen) atoms. The summed E-state index contributed by atoms with van der Waals surface area (Å²) in [4.78, 5) is 41.2. The minimum absolute atomic E-state index is 0.129. The van der Waals surface area contributed by atoms with E-state index in [1.54, 1.807) is 24.3 Å². The van der Waals surface area contributed by atoms with E-state index in [1.165, 1.54) is 18.9 Å². The summed E-state index contributed by atoms with van der Waals surface area (Å²) < 4.78 is 4.70. The number of nitrogens with zero attached hydrogens (tertiary/aromatic N) is 4. The summed E-state index contributed by atoms with van der Waals surface area (Å²) in [7, 11) is 1.30. The molecular formula is C23H23N7O5S2. The van der Waals surface area contributed by atoms with Crippen molar-refractivity contribution in [2.45, 2.75) is 17.2 Å². The molecule has 0 saturated carbocycles. The molecule has 0 aliphatic rings. The number of esters is 1. The zero-order chi connectivity index (χ0) is 26.8.